The summed E-state index contributed by atoms with van der Waals surface area (Å²) in [5.74, 6) is -0.363. The molecule has 1 N–H and O–H groups in total. The third-order valence-electron chi connectivity index (χ3n) is 2.14. The van der Waals surface area contributed by atoms with E-state index in [2.05, 4.69) is 5.32 Å². The molecule has 1 unspecified atom stereocenters. The number of nitrogens with zero attached hydrogens (tertiary/aromatic N) is 1. The van der Waals surface area contributed by atoms with E-state index in [0.717, 1.165) is 0 Å². The Morgan fingerprint density at radius 1 is 1.61 bits per heavy atom. The molecule has 7 heteroatoms. The molecule has 0 aliphatic heterocycles. The zero-order valence-corrected chi connectivity index (χ0v) is 10.7. The van der Waals surface area contributed by atoms with Crippen molar-refractivity contribution in [1.29, 1.82) is 0 Å². The van der Waals surface area contributed by atoms with Crippen LogP contribution >= 0.6 is 11.6 Å². The molecule has 0 aliphatic carbocycles. The number of carbonyl (C=O) groups is 1. The van der Waals surface area contributed by atoms with E-state index < -0.39 is 11.0 Å². The van der Waals surface area contributed by atoms with Crippen LogP contribution in [0.1, 0.15) is 13.8 Å². The number of hydrogen-bond acceptors (Lipinski definition) is 4. The third kappa shape index (κ3) is 3.59. The zero-order valence-electron chi connectivity index (χ0n) is 9.97. The second kappa shape index (κ2) is 6.20. The second-order valence-electron chi connectivity index (χ2n) is 3.52. The van der Waals surface area contributed by atoms with Crippen molar-refractivity contribution in [2.75, 3.05) is 6.54 Å². The summed E-state index contributed by atoms with van der Waals surface area (Å²) in [5.41, 5.74) is -0.226. The number of nitrogens with one attached hydrogen (secondary N) is 1. The van der Waals surface area contributed by atoms with Crippen LogP contribution in [0.4, 0.5) is 5.69 Å². The minimum Gasteiger partial charge on any atom is -0.474 e. The minimum absolute atomic E-state index is 0.0220. The number of benzene rings is 1. The lowest BCUT2D eigenvalue weighted by molar-refractivity contribution is -0.386. The molecule has 0 radical (unpaired) electrons. The van der Waals surface area contributed by atoms with Crippen molar-refractivity contribution < 1.29 is 14.5 Å². The summed E-state index contributed by atoms with van der Waals surface area (Å²) < 4.78 is 5.26. The van der Waals surface area contributed by atoms with Gasteiger partial charge in [-0.2, -0.15) is 0 Å². The highest BCUT2D eigenvalue weighted by Crippen LogP contribution is 2.30. The summed E-state index contributed by atoms with van der Waals surface area (Å²) in [6, 6.07) is 3.95. The Labute approximate surface area is 109 Å². The number of halogens is 1. The van der Waals surface area contributed by atoms with Crippen molar-refractivity contribution >= 4 is 23.2 Å². The first kappa shape index (κ1) is 14.2. The second-order valence-corrected chi connectivity index (χ2v) is 3.96. The van der Waals surface area contributed by atoms with E-state index in [-0.39, 0.29) is 17.3 Å². The maximum atomic E-state index is 11.5. The van der Waals surface area contributed by atoms with Gasteiger partial charge in [-0.05, 0) is 19.9 Å². The van der Waals surface area contributed by atoms with Crippen molar-refractivity contribution in [2.24, 2.45) is 0 Å². The van der Waals surface area contributed by atoms with E-state index in [1.54, 1.807) is 6.92 Å². The Hall–Kier alpha value is -1.82. The highest BCUT2D eigenvalue weighted by molar-refractivity contribution is 6.30. The molecule has 0 heterocycles. The molecular weight excluding hydrogens is 260 g/mol. The van der Waals surface area contributed by atoms with Crippen LogP contribution in [-0.2, 0) is 4.79 Å². The lowest BCUT2D eigenvalue weighted by atomic mass is 10.3. The van der Waals surface area contributed by atoms with Crippen LogP contribution in [-0.4, -0.2) is 23.5 Å². The van der Waals surface area contributed by atoms with Crippen LogP contribution in [0.15, 0.2) is 18.2 Å². The first-order valence-electron chi connectivity index (χ1n) is 5.34. The van der Waals surface area contributed by atoms with Gasteiger partial charge in [-0.3, -0.25) is 14.9 Å². The maximum absolute atomic E-state index is 11.5. The molecule has 0 saturated carbocycles. The fourth-order valence-corrected chi connectivity index (χ4v) is 1.46. The predicted octanol–water partition coefficient (Wildman–Crippen LogP) is 2.15. The van der Waals surface area contributed by atoms with Gasteiger partial charge in [0.15, 0.2) is 11.9 Å². The molecule has 0 aromatic heterocycles. The molecule has 0 spiro atoms. The summed E-state index contributed by atoms with van der Waals surface area (Å²) >= 11 is 5.74. The van der Waals surface area contributed by atoms with Crippen LogP contribution in [0.25, 0.3) is 0 Å². The minimum atomic E-state index is -0.831. The fraction of sp³-hybridized carbons (Fsp3) is 0.364. The number of nitro groups is 1. The molecule has 18 heavy (non-hydrogen) atoms. The number of rotatable bonds is 5. The van der Waals surface area contributed by atoms with Gasteiger partial charge in [-0.1, -0.05) is 11.6 Å². The molecule has 0 saturated heterocycles. The summed E-state index contributed by atoms with van der Waals surface area (Å²) in [4.78, 5) is 21.7. The maximum Gasteiger partial charge on any atom is 0.311 e. The van der Waals surface area contributed by atoms with E-state index in [9.17, 15) is 14.9 Å². The molecule has 1 aromatic rings. The average molecular weight is 273 g/mol. The van der Waals surface area contributed by atoms with Gasteiger partial charge in [0.1, 0.15) is 0 Å². The van der Waals surface area contributed by atoms with Crippen LogP contribution in [0.3, 0.4) is 0 Å². The third-order valence-corrected chi connectivity index (χ3v) is 2.38. The molecule has 0 bridgehead atoms. The van der Waals surface area contributed by atoms with Crippen molar-refractivity contribution in [1.82, 2.24) is 5.32 Å². The van der Waals surface area contributed by atoms with E-state index >= 15 is 0 Å². The van der Waals surface area contributed by atoms with E-state index in [4.69, 9.17) is 16.3 Å². The smallest absolute Gasteiger partial charge is 0.311 e. The molecular formula is C11H13ClN2O4. The van der Waals surface area contributed by atoms with E-state index in [1.165, 1.54) is 25.1 Å². The molecule has 1 amide bonds. The standard InChI is InChI=1S/C11H13ClN2O4/c1-3-13-11(15)7(2)18-10-6-8(12)4-5-9(10)14(16)17/h4-7H,3H2,1-2H3,(H,13,15). The van der Waals surface area contributed by atoms with Gasteiger partial charge in [-0.15, -0.1) is 0 Å². The van der Waals surface area contributed by atoms with Crippen LogP contribution in [0.5, 0.6) is 5.75 Å². The number of carbonyl (C=O) groups excluding carboxylic acids is 1. The Kier molecular flexibility index (Phi) is 4.91. The quantitative estimate of drug-likeness (QED) is 0.658. The summed E-state index contributed by atoms with van der Waals surface area (Å²) in [6.45, 7) is 3.74. The summed E-state index contributed by atoms with van der Waals surface area (Å²) in [6.07, 6.45) is -0.831. The first-order valence-corrected chi connectivity index (χ1v) is 5.71. The molecule has 0 fully saturated rings. The molecule has 1 rings (SSSR count). The largest absolute Gasteiger partial charge is 0.474 e. The zero-order chi connectivity index (χ0) is 13.7. The number of likely N-dealkylation sites (N-methyl/N-ethyl adjacent to an activating group) is 1. The molecule has 0 aliphatic rings. The molecule has 6 nitrogen and oxygen atoms in total. The normalized spacial score (nSPS) is 11.7. The van der Waals surface area contributed by atoms with Crippen LogP contribution < -0.4 is 10.1 Å². The number of hydrogen-bond donors (Lipinski definition) is 1. The first-order chi connectivity index (χ1) is 8.45. The van der Waals surface area contributed by atoms with Gasteiger partial charge in [0.05, 0.1) is 4.92 Å². The Morgan fingerprint density at radius 3 is 2.83 bits per heavy atom. The van der Waals surface area contributed by atoms with E-state index in [1.807, 2.05) is 0 Å². The summed E-state index contributed by atoms with van der Waals surface area (Å²) in [5, 5.41) is 13.7. The Balaban J connectivity index is 2.92. The topological polar surface area (TPSA) is 81.5 Å². The van der Waals surface area contributed by atoms with Gasteiger partial charge < -0.3 is 10.1 Å². The van der Waals surface area contributed by atoms with Gasteiger partial charge >= 0.3 is 5.69 Å². The molecule has 1 atom stereocenters. The number of nitro benzene ring substituents is 1. The molecule has 1 aromatic carbocycles. The monoisotopic (exact) mass is 272 g/mol. The average Bonchev–Trinajstić information content (AvgIpc) is 2.28. The Morgan fingerprint density at radius 2 is 2.28 bits per heavy atom. The van der Waals surface area contributed by atoms with E-state index in [0.29, 0.717) is 11.6 Å². The van der Waals surface area contributed by atoms with Gasteiger partial charge in [0.2, 0.25) is 0 Å². The van der Waals surface area contributed by atoms with Crippen molar-refractivity contribution in [3.8, 4) is 5.75 Å². The van der Waals surface area contributed by atoms with Gasteiger partial charge in [0, 0.05) is 23.7 Å². The van der Waals surface area contributed by atoms with Crippen LogP contribution in [0, 0.1) is 10.1 Å². The van der Waals surface area contributed by atoms with Crippen molar-refractivity contribution in [3.05, 3.63) is 33.3 Å². The van der Waals surface area contributed by atoms with Gasteiger partial charge in [-0.25, -0.2) is 0 Å². The Bertz CT molecular complexity index is 464. The van der Waals surface area contributed by atoms with Gasteiger partial charge in [0.25, 0.3) is 5.91 Å². The lowest BCUT2D eigenvalue weighted by Crippen LogP contribution is -2.36. The number of ether oxygens (including phenoxy) is 1. The highest BCUT2D eigenvalue weighted by Gasteiger charge is 2.20. The fourth-order valence-electron chi connectivity index (χ4n) is 1.30. The number of amides is 1. The summed E-state index contributed by atoms with van der Waals surface area (Å²) in [7, 11) is 0. The van der Waals surface area contributed by atoms with Crippen molar-refractivity contribution in [2.45, 2.75) is 20.0 Å². The van der Waals surface area contributed by atoms with Crippen LogP contribution in [0.2, 0.25) is 5.02 Å². The lowest BCUT2D eigenvalue weighted by Gasteiger charge is -2.14. The SMILES string of the molecule is CCNC(=O)C(C)Oc1cc(Cl)ccc1[N+](=O)[O-]. The van der Waals surface area contributed by atoms with Crippen molar-refractivity contribution in [3.63, 3.8) is 0 Å². The predicted molar refractivity (Wildman–Crippen MR) is 66.9 cm³/mol. The highest BCUT2D eigenvalue weighted by atomic mass is 35.5. The molecule has 98 valence electrons.